The largest absolute Gasteiger partial charge is 0.356 e. The van der Waals surface area contributed by atoms with Crippen LogP contribution in [0.15, 0.2) is 0 Å². The van der Waals surface area contributed by atoms with Crippen LogP contribution in [0, 0.1) is 19.8 Å². The van der Waals surface area contributed by atoms with Crippen molar-refractivity contribution in [3.8, 4) is 0 Å². The van der Waals surface area contributed by atoms with E-state index >= 15 is 0 Å². The molecule has 0 saturated carbocycles. The summed E-state index contributed by atoms with van der Waals surface area (Å²) >= 11 is 0. The van der Waals surface area contributed by atoms with E-state index in [1.807, 2.05) is 6.92 Å². The molecule has 1 aliphatic heterocycles. The van der Waals surface area contributed by atoms with Crippen LogP contribution in [0.25, 0.3) is 0 Å². The molecule has 124 valence electrons. The highest BCUT2D eigenvalue weighted by molar-refractivity contribution is 5.78. The molecule has 0 radical (unpaired) electrons. The topological polar surface area (TPSA) is 61.0 Å². The molecule has 1 fully saturated rings. The smallest absolute Gasteiger partial charge is 0.223 e. The second-order valence-electron chi connectivity index (χ2n) is 6.71. The van der Waals surface area contributed by atoms with Crippen LogP contribution >= 0.6 is 0 Å². The molecule has 2 heterocycles. The van der Waals surface area contributed by atoms with Crippen LogP contribution in [0.4, 0.5) is 0 Å². The first kappa shape index (κ1) is 17.0. The van der Waals surface area contributed by atoms with E-state index in [2.05, 4.69) is 41.2 Å². The van der Waals surface area contributed by atoms with Crippen molar-refractivity contribution in [1.29, 1.82) is 0 Å². The van der Waals surface area contributed by atoms with Crippen LogP contribution < -0.4 is 5.32 Å². The number of likely N-dealkylation sites (tertiary alicyclic amines) is 1. The van der Waals surface area contributed by atoms with Gasteiger partial charge in [0.15, 0.2) is 0 Å². The number of amides is 1. The molecule has 0 atom stereocenters. The van der Waals surface area contributed by atoms with Crippen LogP contribution in [-0.2, 0) is 11.2 Å². The fraction of sp³-hybridized carbons (Fsp3) is 0.765. The number of aromatic amines is 1. The molecule has 5 heteroatoms. The molecule has 0 aromatic carbocycles. The van der Waals surface area contributed by atoms with Gasteiger partial charge in [-0.05, 0) is 72.0 Å². The quantitative estimate of drug-likeness (QED) is 0.792. The Hall–Kier alpha value is -1.36. The monoisotopic (exact) mass is 306 g/mol. The van der Waals surface area contributed by atoms with Crippen LogP contribution in [0.3, 0.4) is 0 Å². The van der Waals surface area contributed by atoms with E-state index in [9.17, 15) is 4.79 Å². The van der Waals surface area contributed by atoms with Crippen molar-refractivity contribution in [2.75, 3.05) is 19.6 Å². The minimum atomic E-state index is 0.201. The Morgan fingerprint density at radius 1 is 1.36 bits per heavy atom. The Labute approximate surface area is 133 Å². The maximum absolute atomic E-state index is 12.2. The van der Waals surface area contributed by atoms with Crippen LogP contribution in [0.1, 0.15) is 50.1 Å². The lowest BCUT2D eigenvalue weighted by atomic mass is 9.95. The van der Waals surface area contributed by atoms with Gasteiger partial charge in [-0.3, -0.25) is 9.89 Å². The van der Waals surface area contributed by atoms with Gasteiger partial charge >= 0.3 is 0 Å². The number of aromatic nitrogens is 2. The Morgan fingerprint density at radius 3 is 2.59 bits per heavy atom. The third-order valence-corrected chi connectivity index (χ3v) is 4.81. The van der Waals surface area contributed by atoms with Gasteiger partial charge in [0, 0.05) is 24.2 Å². The van der Waals surface area contributed by atoms with Crippen molar-refractivity contribution in [3.63, 3.8) is 0 Å². The van der Waals surface area contributed by atoms with Gasteiger partial charge in [-0.15, -0.1) is 0 Å². The molecule has 1 aliphatic rings. The second-order valence-corrected chi connectivity index (χ2v) is 6.71. The van der Waals surface area contributed by atoms with Crippen molar-refractivity contribution in [2.24, 2.45) is 5.92 Å². The van der Waals surface area contributed by atoms with E-state index in [-0.39, 0.29) is 11.8 Å². The van der Waals surface area contributed by atoms with Crippen molar-refractivity contribution >= 4 is 5.91 Å². The first-order valence-corrected chi connectivity index (χ1v) is 8.51. The van der Waals surface area contributed by atoms with Crippen molar-refractivity contribution in [2.45, 2.75) is 59.4 Å². The molecular formula is C17H30N4O. The average Bonchev–Trinajstić information content (AvgIpc) is 2.82. The predicted octanol–water partition coefficient (Wildman–Crippen LogP) is 2.20. The zero-order valence-electron chi connectivity index (χ0n) is 14.4. The van der Waals surface area contributed by atoms with Crippen molar-refractivity contribution in [3.05, 3.63) is 17.0 Å². The van der Waals surface area contributed by atoms with Gasteiger partial charge in [0.05, 0.1) is 5.69 Å². The van der Waals surface area contributed by atoms with Gasteiger partial charge in [0.1, 0.15) is 0 Å². The van der Waals surface area contributed by atoms with E-state index in [1.165, 1.54) is 5.56 Å². The summed E-state index contributed by atoms with van der Waals surface area (Å²) in [5.74, 6) is 0.441. The molecule has 0 bridgehead atoms. The molecular weight excluding hydrogens is 276 g/mol. The number of carbonyl (C=O) groups excluding carboxylic acids is 1. The molecule has 0 unspecified atom stereocenters. The van der Waals surface area contributed by atoms with Gasteiger partial charge in [-0.2, -0.15) is 5.10 Å². The molecule has 1 amide bonds. The summed E-state index contributed by atoms with van der Waals surface area (Å²) in [5, 5.41) is 10.3. The summed E-state index contributed by atoms with van der Waals surface area (Å²) in [6.07, 6.45) is 3.92. The maximum atomic E-state index is 12.2. The zero-order chi connectivity index (χ0) is 16.1. The second kappa shape index (κ2) is 7.77. The lowest BCUT2D eigenvalue weighted by Crippen LogP contribution is -2.43. The molecule has 5 nitrogen and oxygen atoms in total. The van der Waals surface area contributed by atoms with Crippen LogP contribution in [0.5, 0.6) is 0 Å². The summed E-state index contributed by atoms with van der Waals surface area (Å²) in [6, 6.07) is 0.588. The number of rotatable bonds is 6. The number of carbonyl (C=O) groups is 1. The molecule has 2 rings (SSSR count). The highest BCUT2D eigenvalue weighted by Crippen LogP contribution is 2.19. The van der Waals surface area contributed by atoms with Gasteiger partial charge in [0.2, 0.25) is 5.91 Å². The first-order chi connectivity index (χ1) is 10.5. The predicted molar refractivity (Wildman–Crippen MR) is 88.8 cm³/mol. The fourth-order valence-corrected chi connectivity index (χ4v) is 3.24. The van der Waals surface area contributed by atoms with Gasteiger partial charge in [-0.25, -0.2) is 0 Å². The minimum absolute atomic E-state index is 0.201. The summed E-state index contributed by atoms with van der Waals surface area (Å²) in [4.78, 5) is 14.7. The summed E-state index contributed by atoms with van der Waals surface area (Å²) < 4.78 is 0. The number of hydrogen-bond donors (Lipinski definition) is 2. The molecule has 22 heavy (non-hydrogen) atoms. The Bertz CT molecular complexity index is 467. The van der Waals surface area contributed by atoms with E-state index in [0.29, 0.717) is 6.04 Å². The fourth-order valence-electron chi connectivity index (χ4n) is 3.24. The van der Waals surface area contributed by atoms with E-state index in [1.54, 1.807) is 0 Å². The standard InChI is InChI=1S/C17H30N4O/c1-12(2)21-10-7-15(8-11-21)17(22)18-9-5-6-16-13(3)19-20-14(16)4/h12,15H,5-11H2,1-4H3,(H,18,22)(H,19,20). The lowest BCUT2D eigenvalue weighted by Gasteiger charge is -2.33. The van der Waals surface area contributed by atoms with Crippen molar-refractivity contribution in [1.82, 2.24) is 20.4 Å². The molecule has 2 N–H and O–H groups in total. The van der Waals surface area contributed by atoms with Crippen LogP contribution in [0.2, 0.25) is 0 Å². The average molecular weight is 306 g/mol. The number of hydrogen-bond acceptors (Lipinski definition) is 3. The van der Waals surface area contributed by atoms with Gasteiger partial charge in [-0.1, -0.05) is 0 Å². The molecule has 1 aromatic heterocycles. The lowest BCUT2D eigenvalue weighted by molar-refractivity contribution is -0.126. The SMILES string of the molecule is Cc1n[nH]c(C)c1CCCNC(=O)C1CCN(C(C)C)CC1. The number of H-pyrrole nitrogens is 1. The van der Waals surface area contributed by atoms with E-state index in [4.69, 9.17) is 0 Å². The Kier molecular flexibility index (Phi) is 6.00. The summed E-state index contributed by atoms with van der Waals surface area (Å²) in [6.45, 7) is 11.4. The van der Waals surface area contributed by atoms with Crippen molar-refractivity contribution < 1.29 is 4.79 Å². The zero-order valence-corrected chi connectivity index (χ0v) is 14.4. The third kappa shape index (κ3) is 4.32. The van der Waals surface area contributed by atoms with Gasteiger partial charge in [0.25, 0.3) is 0 Å². The third-order valence-electron chi connectivity index (χ3n) is 4.81. The maximum Gasteiger partial charge on any atom is 0.223 e. The van der Waals surface area contributed by atoms with Gasteiger partial charge < -0.3 is 10.2 Å². The summed E-state index contributed by atoms with van der Waals surface area (Å²) in [7, 11) is 0. The number of aryl methyl sites for hydroxylation is 2. The Morgan fingerprint density at radius 2 is 2.05 bits per heavy atom. The molecule has 0 spiro atoms. The number of piperidine rings is 1. The highest BCUT2D eigenvalue weighted by Gasteiger charge is 2.25. The number of nitrogens with zero attached hydrogens (tertiary/aromatic N) is 2. The normalized spacial score (nSPS) is 17.1. The molecule has 1 saturated heterocycles. The highest BCUT2D eigenvalue weighted by atomic mass is 16.1. The number of nitrogens with one attached hydrogen (secondary N) is 2. The summed E-state index contributed by atoms with van der Waals surface area (Å²) in [5.41, 5.74) is 3.51. The first-order valence-electron chi connectivity index (χ1n) is 8.51. The Balaban J connectivity index is 1.66. The minimum Gasteiger partial charge on any atom is -0.356 e. The molecule has 1 aromatic rings. The molecule has 0 aliphatic carbocycles. The van der Waals surface area contributed by atoms with E-state index < -0.39 is 0 Å². The van der Waals surface area contributed by atoms with E-state index in [0.717, 1.165) is 56.7 Å². The van der Waals surface area contributed by atoms with Crippen LogP contribution in [-0.4, -0.2) is 46.7 Å².